The van der Waals surface area contributed by atoms with Gasteiger partial charge in [-0.05, 0) is 38.4 Å². The van der Waals surface area contributed by atoms with E-state index in [4.69, 9.17) is 23.2 Å². The first-order valence-corrected chi connectivity index (χ1v) is 7.69. The highest BCUT2D eigenvalue weighted by Crippen LogP contribution is 2.27. The van der Waals surface area contributed by atoms with E-state index in [1.165, 1.54) is 12.8 Å². The Morgan fingerprint density at radius 1 is 1.35 bits per heavy atom. The highest BCUT2D eigenvalue weighted by atomic mass is 35.5. The van der Waals surface area contributed by atoms with Crippen LogP contribution in [0.25, 0.3) is 0 Å². The summed E-state index contributed by atoms with van der Waals surface area (Å²) in [5.74, 6) is -0.0433. The Labute approximate surface area is 128 Å². The average molecular weight is 314 g/mol. The largest absolute Gasteiger partial charge is 0.333 e. The quantitative estimate of drug-likeness (QED) is 0.748. The second kappa shape index (κ2) is 5.51. The fourth-order valence-corrected chi connectivity index (χ4v) is 3.62. The molecule has 0 radical (unpaired) electrons. The third kappa shape index (κ3) is 2.52. The van der Waals surface area contributed by atoms with E-state index in [1.54, 1.807) is 12.1 Å². The number of aromatic nitrogens is 1. The van der Waals surface area contributed by atoms with Crippen LogP contribution in [-0.2, 0) is 0 Å². The third-order valence-corrected chi connectivity index (χ3v) is 4.74. The van der Waals surface area contributed by atoms with Crippen LogP contribution < -0.4 is 0 Å². The summed E-state index contributed by atoms with van der Waals surface area (Å²) in [6.45, 7) is 4.96. The average Bonchev–Trinajstić information content (AvgIpc) is 2.84. The number of piperazine rings is 1. The van der Waals surface area contributed by atoms with Crippen molar-refractivity contribution in [1.29, 1.82) is 0 Å². The SMILES string of the molecule is CC1CN2CCCC2CN1C(=O)c1ccc(Cl)nc1Cl. The predicted molar refractivity (Wildman–Crippen MR) is 79.4 cm³/mol. The van der Waals surface area contributed by atoms with E-state index in [1.807, 2.05) is 4.90 Å². The molecule has 3 rings (SSSR count). The fourth-order valence-electron chi connectivity index (χ4n) is 3.20. The van der Waals surface area contributed by atoms with Crippen molar-refractivity contribution in [2.75, 3.05) is 19.6 Å². The number of fused-ring (bicyclic) bond motifs is 1. The van der Waals surface area contributed by atoms with Crippen molar-refractivity contribution in [2.45, 2.75) is 31.8 Å². The van der Waals surface area contributed by atoms with Gasteiger partial charge < -0.3 is 4.90 Å². The molecule has 2 aliphatic heterocycles. The van der Waals surface area contributed by atoms with Gasteiger partial charge in [0.15, 0.2) is 0 Å². The molecule has 0 saturated carbocycles. The lowest BCUT2D eigenvalue weighted by Crippen LogP contribution is -2.56. The van der Waals surface area contributed by atoms with Crippen LogP contribution in [0.15, 0.2) is 12.1 Å². The molecular weight excluding hydrogens is 297 g/mol. The van der Waals surface area contributed by atoms with Crippen LogP contribution in [0.5, 0.6) is 0 Å². The van der Waals surface area contributed by atoms with E-state index in [9.17, 15) is 4.79 Å². The zero-order valence-electron chi connectivity index (χ0n) is 11.4. The number of amides is 1. The van der Waals surface area contributed by atoms with E-state index in [-0.39, 0.29) is 17.1 Å². The van der Waals surface area contributed by atoms with Crippen molar-refractivity contribution in [1.82, 2.24) is 14.8 Å². The Bertz CT molecular complexity index is 537. The zero-order valence-corrected chi connectivity index (χ0v) is 12.9. The van der Waals surface area contributed by atoms with Gasteiger partial charge in [-0.15, -0.1) is 0 Å². The first kappa shape index (κ1) is 14.1. The molecule has 2 fully saturated rings. The second-order valence-corrected chi connectivity index (χ2v) is 6.32. The number of nitrogens with zero attached hydrogens (tertiary/aromatic N) is 3. The molecule has 0 aromatic carbocycles. The van der Waals surface area contributed by atoms with E-state index in [0.717, 1.165) is 19.6 Å². The van der Waals surface area contributed by atoms with Crippen LogP contribution in [-0.4, -0.2) is 52.4 Å². The zero-order chi connectivity index (χ0) is 14.3. The van der Waals surface area contributed by atoms with Crippen LogP contribution in [0.4, 0.5) is 0 Å². The maximum absolute atomic E-state index is 12.7. The Morgan fingerprint density at radius 3 is 2.90 bits per heavy atom. The van der Waals surface area contributed by atoms with Crippen molar-refractivity contribution in [3.05, 3.63) is 28.0 Å². The smallest absolute Gasteiger partial charge is 0.257 e. The minimum atomic E-state index is -0.0433. The van der Waals surface area contributed by atoms with Crippen molar-refractivity contribution in [3.63, 3.8) is 0 Å². The first-order valence-electron chi connectivity index (χ1n) is 6.93. The number of hydrogen-bond acceptors (Lipinski definition) is 3. The topological polar surface area (TPSA) is 36.4 Å². The van der Waals surface area contributed by atoms with Crippen molar-refractivity contribution >= 4 is 29.1 Å². The molecule has 1 aromatic rings. The van der Waals surface area contributed by atoms with Crippen LogP contribution in [0.1, 0.15) is 30.1 Å². The molecule has 4 nitrogen and oxygen atoms in total. The molecule has 0 spiro atoms. The Balaban J connectivity index is 1.82. The third-order valence-electron chi connectivity index (χ3n) is 4.24. The lowest BCUT2D eigenvalue weighted by molar-refractivity contribution is 0.0395. The van der Waals surface area contributed by atoms with Crippen LogP contribution in [0.2, 0.25) is 10.3 Å². The van der Waals surface area contributed by atoms with Gasteiger partial charge in [0.2, 0.25) is 0 Å². The number of carbonyl (C=O) groups is 1. The van der Waals surface area contributed by atoms with Crippen LogP contribution in [0.3, 0.4) is 0 Å². The minimum absolute atomic E-state index is 0.0433. The van der Waals surface area contributed by atoms with Gasteiger partial charge in [0.05, 0.1) is 5.56 Å². The second-order valence-electron chi connectivity index (χ2n) is 5.57. The van der Waals surface area contributed by atoms with Gasteiger partial charge in [-0.3, -0.25) is 9.69 Å². The minimum Gasteiger partial charge on any atom is -0.333 e. The molecule has 1 amide bonds. The number of carbonyl (C=O) groups excluding carboxylic acids is 1. The summed E-state index contributed by atoms with van der Waals surface area (Å²) in [5, 5.41) is 0.490. The van der Waals surface area contributed by atoms with Crippen molar-refractivity contribution in [3.8, 4) is 0 Å². The van der Waals surface area contributed by atoms with Gasteiger partial charge in [-0.25, -0.2) is 4.98 Å². The summed E-state index contributed by atoms with van der Waals surface area (Å²) in [7, 11) is 0. The molecule has 1 aromatic heterocycles. The Hall–Kier alpha value is -0.840. The highest BCUT2D eigenvalue weighted by Gasteiger charge is 2.37. The molecule has 3 heterocycles. The van der Waals surface area contributed by atoms with E-state index in [2.05, 4.69) is 16.8 Å². The summed E-state index contributed by atoms with van der Waals surface area (Å²) >= 11 is 11.8. The van der Waals surface area contributed by atoms with Crippen LogP contribution >= 0.6 is 23.2 Å². The predicted octanol–water partition coefficient (Wildman–Crippen LogP) is 2.70. The van der Waals surface area contributed by atoms with Crippen molar-refractivity contribution < 1.29 is 4.79 Å². The monoisotopic (exact) mass is 313 g/mol. The molecule has 0 bridgehead atoms. The van der Waals surface area contributed by atoms with E-state index in [0.29, 0.717) is 16.8 Å². The molecule has 6 heteroatoms. The number of halogens is 2. The van der Waals surface area contributed by atoms with Crippen LogP contribution in [0, 0.1) is 0 Å². The van der Waals surface area contributed by atoms with E-state index >= 15 is 0 Å². The Morgan fingerprint density at radius 2 is 2.15 bits per heavy atom. The maximum atomic E-state index is 12.7. The van der Waals surface area contributed by atoms with Crippen molar-refractivity contribution in [2.24, 2.45) is 0 Å². The van der Waals surface area contributed by atoms with Gasteiger partial charge in [-0.2, -0.15) is 0 Å². The molecule has 108 valence electrons. The van der Waals surface area contributed by atoms with Gasteiger partial charge in [-0.1, -0.05) is 23.2 Å². The summed E-state index contributed by atoms with van der Waals surface area (Å²) in [5.41, 5.74) is 0.439. The van der Waals surface area contributed by atoms with Gasteiger partial charge in [0.25, 0.3) is 5.91 Å². The first-order chi connectivity index (χ1) is 9.56. The number of rotatable bonds is 1. The maximum Gasteiger partial charge on any atom is 0.257 e. The highest BCUT2D eigenvalue weighted by molar-refractivity contribution is 6.34. The molecule has 2 atom stereocenters. The summed E-state index contributed by atoms with van der Waals surface area (Å²) < 4.78 is 0. The Kier molecular flexibility index (Phi) is 3.89. The molecule has 2 unspecified atom stereocenters. The van der Waals surface area contributed by atoms with E-state index < -0.39 is 0 Å². The summed E-state index contributed by atoms with van der Waals surface area (Å²) in [4.78, 5) is 21.0. The molecular formula is C14H17Cl2N3O. The lowest BCUT2D eigenvalue weighted by Gasteiger charge is -2.42. The van der Waals surface area contributed by atoms with Gasteiger partial charge in [0, 0.05) is 25.2 Å². The summed E-state index contributed by atoms with van der Waals surface area (Å²) in [6.07, 6.45) is 2.39. The fraction of sp³-hybridized carbons (Fsp3) is 0.571. The molecule has 2 aliphatic rings. The molecule has 2 saturated heterocycles. The lowest BCUT2D eigenvalue weighted by atomic mass is 10.1. The number of pyridine rings is 1. The summed E-state index contributed by atoms with van der Waals surface area (Å²) in [6, 6.07) is 3.96. The molecule has 20 heavy (non-hydrogen) atoms. The van der Waals surface area contributed by atoms with Gasteiger partial charge in [0.1, 0.15) is 10.3 Å². The molecule has 0 aliphatic carbocycles. The standard InChI is InChI=1S/C14H17Cl2N3O/c1-9-7-18-6-2-3-10(18)8-19(9)14(20)11-4-5-12(15)17-13(11)16/h4-5,9-10H,2-3,6-8H2,1H3. The molecule has 0 N–H and O–H groups in total. The normalized spacial score (nSPS) is 26.6. The number of hydrogen-bond donors (Lipinski definition) is 0. The van der Waals surface area contributed by atoms with Gasteiger partial charge >= 0.3 is 0 Å².